The number of hydrogen-bond donors (Lipinski definition) is 2. The first kappa shape index (κ1) is 13.5. The van der Waals surface area contributed by atoms with Gasteiger partial charge in [0.05, 0.1) is 11.7 Å². The van der Waals surface area contributed by atoms with Crippen molar-refractivity contribution in [3.05, 3.63) is 29.3 Å². The van der Waals surface area contributed by atoms with E-state index < -0.39 is 6.10 Å². The van der Waals surface area contributed by atoms with Gasteiger partial charge in [0.1, 0.15) is 5.75 Å². The van der Waals surface area contributed by atoms with Crippen LogP contribution in [0.2, 0.25) is 0 Å². The van der Waals surface area contributed by atoms with Crippen LogP contribution in [0.1, 0.15) is 29.3 Å². The quantitative estimate of drug-likeness (QED) is 0.835. The zero-order chi connectivity index (χ0) is 13.0. The SMILES string of the molecule is Cc1ccc(C(=O)N(C)CCC(C)O)c(O)c1. The largest absolute Gasteiger partial charge is 0.507 e. The maximum Gasteiger partial charge on any atom is 0.257 e. The molecule has 94 valence electrons. The molecule has 0 aliphatic carbocycles. The van der Waals surface area contributed by atoms with Gasteiger partial charge in [-0.1, -0.05) is 6.07 Å². The molecule has 0 saturated carbocycles. The summed E-state index contributed by atoms with van der Waals surface area (Å²) in [7, 11) is 1.66. The summed E-state index contributed by atoms with van der Waals surface area (Å²) in [6, 6.07) is 4.97. The van der Waals surface area contributed by atoms with Crippen LogP contribution in [-0.2, 0) is 0 Å². The zero-order valence-corrected chi connectivity index (χ0v) is 10.5. The van der Waals surface area contributed by atoms with Crippen LogP contribution in [0.25, 0.3) is 0 Å². The van der Waals surface area contributed by atoms with E-state index in [4.69, 9.17) is 5.11 Å². The highest BCUT2D eigenvalue weighted by Crippen LogP contribution is 2.19. The number of aromatic hydroxyl groups is 1. The van der Waals surface area contributed by atoms with Gasteiger partial charge in [-0.15, -0.1) is 0 Å². The fourth-order valence-corrected chi connectivity index (χ4v) is 1.51. The highest BCUT2D eigenvalue weighted by atomic mass is 16.3. The first-order valence-corrected chi connectivity index (χ1v) is 5.65. The van der Waals surface area contributed by atoms with Gasteiger partial charge in [0.2, 0.25) is 0 Å². The molecule has 0 saturated heterocycles. The molecule has 0 fully saturated rings. The van der Waals surface area contributed by atoms with Crippen molar-refractivity contribution in [3.8, 4) is 5.75 Å². The van der Waals surface area contributed by atoms with Crippen molar-refractivity contribution >= 4 is 5.91 Å². The van der Waals surface area contributed by atoms with Gasteiger partial charge in [0, 0.05) is 13.6 Å². The Bertz CT molecular complexity index is 402. The number of phenolic OH excluding ortho intramolecular Hbond substituents is 1. The maximum absolute atomic E-state index is 12.0. The minimum Gasteiger partial charge on any atom is -0.507 e. The third kappa shape index (κ3) is 3.75. The van der Waals surface area contributed by atoms with Crippen LogP contribution >= 0.6 is 0 Å². The Hall–Kier alpha value is -1.55. The van der Waals surface area contributed by atoms with Gasteiger partial charge < -0.3 is 15.1 Å². The van der Waals surface area contributed by atoms with E-state index in [0.29, 0.717) is 18.5 Å². The van der Waals surface area contributed by atoms with E-state index in [-0.39, 0.29) is 11.7 Å². The third-order valence-electron chi connectivity index (χ3n) is 2.61. The van der Waals surface area contributed by atoms with Crippen LogP contribution in [-0.4, -0.2) is 40.7 Å². The van der Waals surface area contributed by atoms with E-state index in [1.54, 1.807) is 32.2 Å². The fraction of sp³-hybridized carbons (Fsp3) is 0.462. The van der Waals surface area contributed by atoms with Gasteiger partial charge in [-0.25, -0.2) is 0 Å². The lowest BCUT2D eigenvalue weighted by Crippen LogP contribution is -2.29. The van der Waals surface area contributed by atoms with Crippen molar-refractivity contribution in [2.75, 3.05) is 13.6 Å². The van der Waals surface area contributed by atoms with Crippen LogP contribution in [0.4, 0.5) is 0 Å². The molecular formula is C13H19NO3. The van der Waals surface area contributed by atoms with Gasteiger partial charge in [0.15, 0.2) is 0 Å². The number of aliphatic hydroxyl groups is 1. The summed E-state index contributed by atoms with van der Waals surface area (Å²) in [5, 5.41) is 18.8. The molecule has 1 unspecified atom stereocenters. The number of carbonyl (C=O) groups is 1. The second-order valence-electron chi connectivity index (χ2n) is 4.39. The van der Waals surface area contributed by atoms with E-state index in [9.17, 15) is 9.90 Å². The molecule has 0 heterocycles. The normalized spacial score (nSPS) is 12.2. The van der Waals surface area contributed by atoms with Crippen molar-refractivity contribution in [1.82, 2.24) is 4.90 Å². The lowest BCUT2D eigenvalue weighted by molar-refractivity contribution is 0.0766. The Morgan fingerprint density at radius 1 is 1.47 bits per heavy atom. The molecule has 0 bridgehead atoms. The minimum atomic E-state index is -0.433. The van der Waals surface area contributed by atoms with Crippen molar-refractivity contribution in [3.63, 3.8) is 0 Å². The smallest absolute Gasteiger partial charge is 0.257 e. The summed E-state index contributed by atoms with van der Waals surface area (Å²) in [6.07, 6.45) is 0.0892. The van der Waals surface area contributed by atoms with Crippen LogP contribution in [0.3, 0.4) is 0 Å². The van der Waals surface area contributed by atoms with Crippen LogP contribution in [0.15, 0.2) is 18.2 Å². The molecule has 0 radical (unpaired) electrons. The molecule has 0 aromatic heterocycles. The Kier molecular flexibility index (Phi) is 4.52. The highest BCUT2D eigenvalue weighted by Gasteiger charge is 2.15. The Morgan fingerprint density at radius 2 is 2.12 bits per heavy atom. The standard InChI is InChI=1S/C13H19NO3/c1-9-4-5-11(12(16)8-9)13(17)14(3)7-6-10(2)15/h4-5,8,10,15-16H,6-7H2,1-3H3. The van der Waals surface area contributed by atoms with E-state index in [2.05, 4.69) is 0 Å². The van der Waals surface area contributed by atoms with Gasteiger partial charge in [-0.3, -0.25) is 4.79 Å². The van der Waals surface area contributed by atoms with Crippen molar-refractivity contribution in [2.45, 2.75) is 26.4 Å². The summed E-state index contributed by atoms with van der Waals surface area (Å²) in [5.41, 5.74) is 1.20. The summed E-state index contributed by atoms with van der Waals surface area (Å²) in [6.45, 7) is 4.00. The van der Waals surface area contributed by atoms with Crippen LogP contribution in [0, 0.1) is 6.92 Å². The predicted molar refractivity (Wildman–Crippen MR) is 66.1 cm³/mol. The molecule has 4 nitrogen and oxygen atoms in total. The van der Waals surface area contributed by atoms with Gasteiger partial charge in [-0.2, -0.15) is 0 Å². The van der Waals surface area contributed by atoms with E-state index in [1.807, 2.05) is 6.92 Å². The second kappa shape index (κ2) is 5.68. The molecule has 0 spiro atoms. The van der Waals surface area contributed by atoms with E-state index in [0.717, 1.165) is 5.56 Å². The zero-order valence-electron chi connectivity index (χ0n) is 10.5. The Labute approximate surface area is 101 Å². The molecule has 1 rings (SSSR count). The number of rotatable bonds is 4. The fourth-order valence-electron chi connectivity index (χ4n) is 1.51. The number of benzene rings is 1. The lowest BCUT2D eigenvalue weighted by atomic mass is 10.1. The van der Waals surface area contributed by atoms with Crippen LogP contribution in [0.5, 0.6) is 5.75 Å². The second-order valence-corrected chi connectivity index (χ2v) is 4.39. The first-order chi connectivity index (χ1) is 7.91. The molecule has 4 heteroatoms. The number of aliphatic hydroxyl groups excluding tert-OH is 1. The average Bonchev–Trinajstić information content (AvgIpc) is 2.25. The molecule has 1 atom stereocenters. The summed E-state index contributed by atoms with van der Waals surface area (Å²) in [5.74, 6) is -0.234. The van der Waals surface area contributed by atoms with Crippen molar-refractivity contribution < 1.29 is 15.0 Å². The molecular weight excluding hydrogens is 218 g/mol. The van der Waals surface area contributed by atoms with E-state index in [1.165, 1.54) is 4.90 Å². The van der Waals surface area contributed by atoms with Gasteiger partial charge >= 0.3 is 0 Å². The van der Waals surface area contributed by atoms with Crippen molar-refractivity contribution in [1.29, 1.82) is 0 Å². The van der Waals surface area contributed by atoms with E-state index >= 15 is 0 Å². The number of carbonyl (C=O) groups excluding carboxylic acids is 1. The van der Waals surface area contributed by atoms with Crippen molar-refractivity contribution in [2.24, 2.45) is 0 Å². The Morgan fingerprint density at radius 3 is 2.65 bits per heavy atom. The summed E-state index contributed by atoms with van der Waals surface area (Å²) < 4.78 is 0. The number of hydrogen-bond acceptors (Lipinski definition) is 3. The summed E-state index contributed by atoms with van der Waals surface area (Å²) >= 11 is 0. The minimum absolute atomic E-state index is 0.00102. The number of nitrogens with zero attached hydrogens (tertiary/aromatic N) is 1. The van der Waals surface area contributed by atoms with Gasteiger partial charge in [-0.05, 0) is 38.0 Å². The van der Waals surface area contributed by atoms with Crippen LogP contribution < -0.4 is 0 Å². The van der Waals surface area contributed by atoms with Gasteiger partial charge in [0.25, 0.3) is 5.91 Å². The first-order valence-electron chi connectivity index (χ1n) is 5.65. The lowest BCUT2D eigenvalue weighted by Gasteiger charge is -2.18. The molecule has 0 aliphatic rings. The average molecular weight is 237 g/mol. The highest BCUT2D eigenvalue weighted by molar-refractivity contribution is 5.96. The molecule has 1 amide bonds. The number of aryl methyl sites for hydroxylation is 1. The molecule has 0 aliphatic heterocycles. The molecule has 1 aromatic carbocycles. The molecule has 17 heavy (non-hydrogen) atoms. The number of amides is 1. The molecule has 1 aromatic rings. The Balaban J connectivity index is 2.75. The predicted octanol–water partition coefficient (Wildman–Crippen LogP) is 1.54. The molecule has 2 N–H and O–H groups in total. The topological polar surface area (TPSA) is 60.8 Å². The maximum atomic E-state index is 12.0. The monoisotopic (exact) mass is 237 g/mol. The third-order valence-corrected chi connectivity index (χ3v) is 2.61. The summed E-state index contributed by atoms with van der Waals surface area (Å²) in [4.78, 5) is 13.5. The number of phenols is 1.